The monoisotopic (exact) mass is 323 g/mol. The van der Waals surface area contributed by atoms with Crippen LogP contribution in [0.4, 0.5) is 0 Å². The molecule has 1 aromatic rings. The van der Waals surface area contributed by atoms with E-state index in [0.29, 0.717) is 0 Å². The first-order chi connectivity index (χ1) is 9.52. The van der Waals surface area contributed by atoms with Gasteiger partial charge in [-0.25, -0.2) is 0 Å². The van der Waals surface area contributed by atoms with Crippen LogP contribution in [-0.2, 0) is 21.7 Å². The molecule has 0 atom stereocenters. The first-order valence-corrected chi connectivity index (χ1v) is 8.43. The minimum absolute atomic E-state index is 0. The van der Waals surface area contributed by atoms with Crippen molar-refractivity contribution >= 4 is 0 Å². The SMILES string of the molecule is Cc1c[c-](C)c(C)c1C.[NH-]C1CCCCCCCCC1.[Ti+2]. The third-order valence-electron chi connectivity index (χ3n) is 4.78. The molecule has 0 amide bonds. The molecule has 0 bridgehead atoms. The first kappa shape index (κ1) is 21.0. The van der Waals surface area contributed by atoms with Crippen molar-refractivity contribution in [3.05, 3.63) is 34.1 Å². The minimum Gasteiger partial charge on any atom is -0.675 e. The van der Waals surface area contributed by atoms with Crippen molar-refractivity contribution in [2.45, 2.75) is 91.5 Å². The molecule has 1 aliphatic carbocycles. The van der Waals surface area contributed by atoms with Gasteiger partial charge in [0.25, 0.3) is 0 Å². The molecular formula is C19H33NTi. The largest absolute Gasteiger partial charge is 2.00 e. The molecule has 2 heteroatoms. The van der Waals surface area contributed by atoms with Crippen LogP contribution in [0.25, 0.3) is 5.73 Å². The molecule has 0 aromatic heterocycles. The number of aryl methyl sites for hydroxylation is 2. The Hall–Kier alpha value is 0.0243. The molecule has 1 fully saturated rings. The van der Waals surface area contributed by atoms with Crippen LogP contribution in [0, 0.1) is 27.7 Å². The van der Waals surface area contributed by atoms with Crippen LogP contribution in [0.15, 0.2) is 6.07 Å². The normalized spacial score (nSPS) is 17.4. The summed E-state index contributed by atoms with van der Waals surface area (Å²) >= 11 is 0. The summed E-state index contributed by atoms with van der Waals surface area (Å²) in [6.07, 6.45) is 11.9. The van der Waals surface area contributed by atoms with Gasteiger partial charge in [-0.1, -0.05) is 85.5 Å². The van der Waals surface area contributed by atoms with Gasteiger partial charge in [-0.15, -0.1) is 6.04 Å². The third-order valence-corrected chi connectivity index (χ3v) is 4.78. The van der Waals surface area contributed by atoms with E-state index >= 15 is 0 Å². The summed E-state index contributed by atoms with van der Waals surface area (Å²) in [6, 6.07) is 2.50. The van der Waals surface area contributed by atoms with E-state index in [-0.39, 0.29) is 27.8 Å². The zero-order chi connectivity index (χ0) is 15.0. The Balaban J connectivity index is 0.000000370. The number of nitrogens with one attached hydrogen (secondary N) is 1. The Kier molecular flexibility index (Phi) is 11.6. The molecule has 0 spiro atoms. The number of rotatable bonds is 0. The Labute approximate surface area is 147 Å². The van der Waals surface area contributed by atoms with Gasteiger partial charge in [0.1, 0.15) is 0 Å². The van der Waals surface area contributed by atoms with E-state index < -0.39 is 0 Å². The summed E-state index contributed by atoms with van der Waals surface area (Å²) in [5.74, 6) is 0. The van der Waals surface area contributed by atoms with E-state index in [1.807, 2.05) is 0 Å². The molecule has 21 heavy (non-hydrogen) atoms. The molecule has 1 nitrogen and oxygen atoms in total. The van der Waals surface area contributed by atoms with Crippen LogP contribution in [0.5, 0.6) is 0 Å². The topological polar surface area (TPSA) is 23.8 Å². The maximum Gasteiger partial charge on any atom is 2.00 e. The van der Waals surface area contributed by atoms with Gasteiger partial charge in [-0.3, -0.25) is 0 Å². The first-order valence-electron chi connectivity index (χ1n) is 8.43. The fraction of sp³-hybridized carbons (Fsp3) is 0.737. The van der Waals surface area contributed by atoms with Crippen molar-refractivity contribution in [2.75, 3.05) is 0 Å². The Morgan fingerprint density at radius 1 is 0.905 bits per heavy atom. The van der Waals surface area contributed by atoms with Crippen molar-refractivity contribution in [3.63, 3.8) is 0 Å². The van der Waals surface area contributed by atoms with E-state index in [0.717, 1.165) is 12.8 Å². The van der Waals surface area contributed by atoms with Gasteiger partial charge in [-0.2, -0.15) is 28.3 Å². The van der Waals surface area contributed by atoms with Crippen molar-refractivity contribution in [1.82, 2.24) is 0 Å². The van der Waals surface area contributed by atoms with Crippen molar-refractivity contribution in [2.24, 2.45) is 0 Å². The standard InChI is InChI=1S/C10H20N.C9H13.Ti/c11-10-8-6-4-2-1-3-5-7-9-10;1-6-5-7(2)9(4)8(6)3;/h10-11H,1-9H2;5H,1-4H3;/q2*-1;+2. The number of hydrogen-bond acceptors (Lipinski definition) is 0. The van der Waals surface area contributed by atoms with Gasteiger partial charge >= 0.3 is 21.7 Å². The molecular weight excluding hydrogens is 290 g/mol. The fourth-order valence-corrected chi connectivity index (χ4v) is 2.94. The Bertz CT molecular complexity index is 349. The van der Waals surface area contributed by atoms with Crippen molar-refractivity contribution < 1.29 is 21.7 Å². The number of hydrogen-bond donors (Lipinski definition) is 0. The van der Waals surface area contributed by atoms with Crippen LogP contribution in [0.3, 0.4) is 0 Å². The molecule has 0 heterocycles. The van der Waals surface area contributed by atoms with Crippen LogP contribution < -0.4 is 0 Å². The van der Waals surface area contributed by atoms with Crippen molar-refractivity contribution in [1.29, 1.82) is 0 Å². The third kappa shape index (κ3) is 8.28. The summed E-state index contributed by atoms with van der Waals surface area (Å²) in [5.41, 5.74) is 13.4. The summed E-state index contributed by atoms with van der Waals surface area (Å²) in [4.78, 5) is 0. The Morgan fingerprint density at radius 2 is 1.33 bits per heavy atom. The van der Waals surface area contributed by atoms with Crippen LogP contribution >= 0.6 is 0 Å². The van der Waals surface area contributed by atoms with E-state index in [2.05, 4.69) is 33.8 Å². The summed E-state index contributed by atoms with van der Waals surface area (Å²) < 4.78 is 0. The molecule has 0 radical (unpaired) electrons. The second-order valence-electron chi connectivity index (χ2n) is 6.51. The maximum atomic E-state index is 7.68. The zero-order valence-corrected chi connectivity index (χ0v) is 16.1. The van der Waals surface area contributed by atoms with E-state index in [9.17, 15) is 0 Å². The molecule has 1 N–H and O–H groups in total. The maximum absolute atomic E-state index is 7.68. The van der Waals surface area contributed by atoms with Gasteiger partial charge in [-0.05, 0) is 0 Å². The van der Waals surface area contributed by atoms with Gasteiger partial charge in [0.2, 0.25) is 0 Å². The zero-order valence-electron chi connectivity index (χ0n) is 14.5. The minimum atomic E-state index is 0. The van der Waals surface area contributed by atoms with Crippen LogP contribution in [-0.4, -0.2) is 6.04 Å². The summed E-state index contributed by atoms with van der Waals surface area (Å²) in [5, 5.41) is 0. The smallest absolute Gasteiger partial charge is 0.675 e. The van der Waals surface area contributed by atoms with Gasteiger partial charge in [0.05, 0.1) is 0 Å². The average Bonchev–Trinajstić information content (AvgIpc) is 2.65. The molecule has 0 saturated heterocycles. The molecule has 118 valence electrons. The van der Waals surface area contributed by atoms with Gasteiger partial charge in [0.15, 0.2) is 0 Å². The van der Waals surface area contributed by atoms with E-state index in [4.69, 9.17) is 5.73 Å². The fourth-order valence-electron chi connectivity index (χ4n) is 2.94. The van der Waals surface area contributed by atoms with Gasteiger partial charge < -0.3 is 5.73 Å². The van der Waals surface area contributed by atoms with E-state index in [1.165, 1.54) is 67.2 Å². The predicted molar refractivity (Wildman–Crippen MR) is 90.6 cm³/mol. The molecule has 0 unspecified atom stereocenters. The van der Waals surface area contributed by atoms with Crippen LogP contribution in [0.2, 0.25) is 0 Å². The second-order valence-corrected chi connectivity index (χ2v) is 6.51. The average molecular weight is 323 g/mol. The van der Waals surface area contributed by atoms with E-state index in [1.54, 1.807) is 0 Å². The molecule has 2 rings (SSSR count). The predicted octanol–water partition coefficient (Wildman–Crippen LogP) is 6.57. The Morgan fingerprint density at radius 3 is 1.62 bits per heavy atom. The second kappa shape index (κ2) is 11.6. The van der Waals surface area contributed by atoms with Gasteiger partial charge in [0, 0.05) is 0 Å². The molecule has 1 saturated carbocycles. The summed E-state index contributed by atoms with van der Waals surface area (Å²) in [7, 11) is 0. The molecule has 0 aliphatic heterocycles. The van der Waals surface area contributed by atoms with Crippen molar-refractivity contribution in [3.8, 4) is 0 Å². The quantitative estimate of drug-likeness (QED) is 0.381. The van der Waals surface area contributed by atoms with Crippen LogP contribution in [0.1, 0.15) is 80.0 Å². The molecule has 1 aliphatic rings. The molecule has 1 aromatic carbocycles. The summed E-state index contributed by atoms with van der Waals surface area (Å²) in [6.45, 7) is 8.68.